The molecule has 0 aliphatic carbocycles. The smallest absolute Gasteiger partial charge is 0.303 e. The number of aliphatic hydroxyl groups is 1. The van der Waals surface area contributed by atoms with E-state index in [2.05, 4.69) is 42.2 Å². The molecule has 0 bridgehead atoms. The van der Waals surface area contributed by atoms with Crippen LogP contribution in [0.2, 0.25) is 0 Å². The van der Waals surface area contributed by atoms with Gasteiger partial charge in [-0.1, -0.05) is 42.0 Å². The van der Waals surface area contributed by atoms with Gasteiger partial charge in [-0.15, -0.1) is 11.6 Å². The molecule has 1 aliphatic rings. The molecule has 1 aliphatic heterocycles. The van der Waals surface area contributed by atoms with E-state index in [4.69, 9.17) is 16.7 Å². The first-order valence-electron chi connectivity index (χ1n) is 9.94. The number of benzene rings is 1. The standard InChI is InChI=1S/C22H32ClNO3/c1-17-7-6-8-18(15-17)16-19(25)11-13-24-14-12-20(23)21(24)9-4-2-3-5-10-22(26)27/h2,4,6-8,15,19-21,25H,3,5,9-14,16H2,1H3,(H,26,27)/t19-,20-,21+/m1/s1. The second-order valence-electron chi connectivity index (χ2n) is 7.54. The summed E-state index contributed by atoms with van der Waals surface area (Å²) in [4.78, 5) is 12.9. The van der Waals surface area contributed by atoms with Crippen LogP contribution in [0, 0.1) is 6.92 Å². The molecule has 27 heavy (non-hydrogen) atoms. The monoisotopic (exact) mass is 393 g/mol. The average Bonchev–Trinajstić information content (AvgIpc) is 2.96. The molecule has 0 spiro atoms. The maximum atomic E-state index is 10.5. The zero-order chi connectivity index (χ0) is 19.6. The number of nitrogens with zero attached hydrogens (tertiary/aromatic N) is 1. The second-order valence-corrected chi connectivity index (χ2v) is 8.10. The Hall–Kier alpha value is -1.36. The van der Waals surface area contributed by atoms with Crippen molar-refractivity contribution in [2.24, 2.45) is 0 Å². The number of carboxylic acid groups (broad SMARTS) is 1. The highest BCUT2D eigenvalue weighted by Gasteiger charge is 2.31. The Morgan fingerprint density at radius 3 is 2.96 bits per heavy atom. The fourth-order valence-corrected chi connectivity index (χ4v) is 4.06. The van der Waals surface area contributed by atoms with Gasteiger partial charge in [-0.3, -0.25) is 9.69 Å². The predicted molar refractivity (Wildman–Crippen MR) is 110 cm³/mol. The normalized spacial score (nSPS) is 21.7. The Balaban J connectivity index is 1.73. The van der Waals surface area contributed by atoms with E-state index in [-0.39, 0.29) is 17.9 Å². The minimum Gasteiger partial charge on any atom is -0.481 e. The molecular formula is C22H32ClNO3. The number of allylic oxidation sites excluding steroid dienone is 1. The molecule has 1 aromatic carbocycles. The van der Waals surface area contributed by atoms with Crippen molar-refractivity contribution < 1.29 is 15.0 Å². The van der Waals surface area contributed by atoms with Crippen LogP contribution in [-0.2, 0) is 11.2 Å². The molecule has 2 N–H and O–H groups in total. The quantitative estimate of drug-likeness (QED) is 0.336. The van der Waals surface area contributed by atoms with Gasteiger partial charge in [0.25, 0.3) is 0 Å². The Labute approximate surface area is 167 Å². The molecule has 4 nitrogen and oxygen atoms in total. The van der Waals surface area contributed by atoms with Gasteiger partial charge in [0, 0.05) is 19.0 Å². The van der Waals surface area contributed by atoms with Crippen molar-refractivity contribution >= 4 is 17.6 Å². The van der Waals surface area contributed by atoms with Gasteiger partial charge in [0.05, 0.1) is 11.5 Å². The van der Waals surface area contributed by atoms with Gasteiger partial charge in [0.1, 0.15) is 0 Å². The maximum Gasteiger partial charge on any atom is 0.303 e. The SMILES string of the molecule is Cc1cccc(C[C@H](O)CCN2CC[C@@H](Cl)[C@@H]2CC=CCCCC(=O)O)c1. The predicted octanol–water partition coefficient (Wildman–Crippen LogP) is 4.17. The average molecular weight is 394 g/mol. The zero-order valence-corrected chi connectivity index (χ0v) is 16.9. The van der Waals surface area contributed by atoms with E-state index in [0.717, 1.165) is 38.8 Å². The van der Waals surface area contributed by atoms with Gasteiger partial charge >= 0.3 is 5.97 Å². The van der Waals surface area contributed by atoms with E-state index in [0.29, 0.717) is 18.9 Å². The van der Waals surface area contributed by atoms with Gasteiger partial charge in [-0.2, -0.15) is 0 Å². The van der Waals surface area contributed by atoms with Gasteiger partial charge in [0.2, 0.25) is 0 Å². The molecule has 150 valence electrons. The van der Waals surface area contributed by atoms with E-state index in [9.17, 15) is 9.90 Å². The number of hydrogen-bond acceptors (Lipinski definition) is 3. The number of rotatable bonds is 11. The number of likely N-dealkylation sites (tertiary alicyclic amines) is 1. The number of unbranched alkanes of at least 4 members (excludes halogenated alkanes) is 1. The van der Waals surface area contributed by atoms with Crippen LogP contribution in [0.25, 0.3) is 0 Å². The third kappa shape index (κ3) is 8.04. The lowest BCUT2D eigenvalue weighted by Crippen LogP contribution is -2.35. The van der Waals surface area contributed by atoms with Crippen LogP contribution in [0.4, 0.5) is 0 Å². The van der Waals surface area contributed by atoms with Crippen molar-refractivity contribution in [2.45, 2.75) is 69.4 Å². The van der Waals surface area contributed by atoms with Crippen molar-refractivity contribution in [3.63, 3.8) is 0 Å². The summed E-state index contributed by atoms with van der Waals surface area (Å²) in [5.41, 5.74) is 2.40. The summed E-state index contributed by atoms with van der Waals surface area (Å²) in [6, 6.07) is 8.61. The summed E-state index contributed by atoms with van der Waals surface area (Å²) in [5, 5.41) is 19.2. The molecule has 0 radical (unpaired) electrons. The summed E-state index contributed by atoms with van der Waals surface area (Å²) >= 11 is 6.50. The molecule has 1 saturated heterocycles. The van der Waals surface area contributed by atoms with Crippen LogP contribution < -0.4 is 0 Å². The first-order valence-corrected chi connectivity index (χ1v) is 10.4. The molecule has 5 heteroatoms. The Bertz CT molecular complexity index is 619. The lowest BCUT2D eigenvalue weighted by atomic mass is 10.0. The number of alkyl halides is 1. The fraction of sp³-hybridized carbons (Fsp3) is 0.591. The summed E-state index contributed by atoms with van der Waals surface area (Å²) < 4.78 is 0. The molecule has 1 heterocycles. The molecule has 1 aromatic rings. The topological polar surface area (TPSA) is 60.8 Å². The third-order valence-corrected chi connectivity index (χ3v) is 5.70. The number of halogens is 1. The summed E-state index contributed by atoms with van der Waals surface area (Å²) in [5.74, 6) is -0.740. The van der Waals surface area contributed by atoms with Crippen LogP contribution in [0.3, 0.4) is 0 Å². The van der Waals surface area contributed by atoms with Crippen LogP contribution in [0.1, 0.15) is 49.7 Å². The highest BCUT2D eigenvalue weighted by Crippen LogP contribution is 2.26. The van der Waals surface area contributed by atoms with Crippen LogP contribution >= 0.6 is 11.6 Å². The minimum absolute atomic E-state index is 0.141. The number of carbonyl (C=O) groups is 1. The van der Waals surface area contributed by atoms with Crippen molar-refractivity contribution in [2.75, 3.05) is 13.1 Å². The van der Waals surface area contributed by atoms with Crippen molar-refractivity contribution in [1.82, 2.24) is 4.90 Å². The van der Waals surface area contributed by atoms with Crippen molar-refractivity contribution in [3.8, 4) is 0 Å². The number of aliphatic carboxylic acids is 1. The molecule has 0 aromatic heterocycles. The van der Waals surface area contributed by atoms with E-state index in [1.807, 2.05) is 6.07 Å². The van der Waals surface area contributed by atoms with E-state index in [1.54, 1.807) is 0 Å². The van der Waals surface area contributed by atoms with Crippen LogP contribution in [0.5, 0.6) is 0 Å². The Morgan fingerprint density at radius 2 is 2.22 bits per heavy atom. The van der Waals surface area contributed by atoms with Gasteiger partial charge < -0.3 is 10.2 Å². The number of aliphatic hydroxyl groups excluding tert-OH is 1. The summed E-state index contributed by atoms with van der Waals surface area (Å²) in [6.45, 7) is 3.90. The molecule has 0 unspecified atom stereocenters. The lowest BCUT2D eigenvalue weighted by Gasteiger charge is -2.26. The first kappa shape index (κ1) is 21.9. The molecule has 0 saturated carbocycles. The molecule has 2 rings (SSSR count). The molecular weight excluding hydrogens is 362 g/mol. The highest BCUT2D eigenvalue weighted by atomic mass is 35.5. The number of aryl methyl sites for hydroxylation is 1. The van der Waals surface area contributed by atoms with Gasteiger partial charge in [-0.05, 0) is 57.6 Å². The number of carboxylic acids is 1. The van der Waals surface area contributed by atoms with Gasteiger partial charge in [-0.25, -0.2) is 0 Å². The van der Waals surface area contributed by atoms with E-state index >= 15 is 0 Å². The molecule has 1 fully saturated rings. The van der Waals surface area contributed by atoms with Crippen molar-refractivity contribution in [3.05, 3.63) is 47.5 Å². The Morgan fingerprint density at radius 1 is 1.41 bits per heavy atom. The third-order valence-electron chi connectivity index (χ3n) is 5.19. The van der Waals surface area contributed by atoms with Crippen LogP contribution in [-0.4, -0.2) is 51.7 Å². The van der Waals surface area contributed by atoms with Crippen LogP contribution in [0.15, 0.2) is 36.4 Å². The fourth-order valence-electron chi connectivity index (χ4n) is 3.70. The number of hydrogen-bond donors (Lipinski definition) is 2. The lowest BCUT2D eigenvalue weighted by molar-refractivity contribution is -0.137. The molecule has 3 atom stereocenters. The maximum absolute atomic E-state index is 10.5. The summed E-state index contributed by atoms with van der Waals surface area (Å²) in [6.07, 6.45) is 8.84. The zero-order valence-electron chi connectivity index (χ0n) is 16.2. The van der Waals surface area contributed by atoms with Gasteiger partial charge in [0.15, 0.2) is 0 Å². The second kappa shape index (κ2) is 11.5. The highest BCUT2D eigenvalue weighted by molar-refractivity contribution is 6.21. The minimum atomic E-state index is -0.740. The van der Waals surface area contributed by atoms with E-state index < -0.39 is 5.97 Å². The molecule has 0 amide bonds. The van der Waals surface area contributed by atoms with E-state index in [1.165, 1.54) is 11.1 Å². The van der Waals surface area contributed by atoms with Crippen molar-refractivity contribution in [1.29, 1.82) is 0 Å². The summed E-state index contributed by atoms with van der Waals surface area (Å²) in [7, 11) is 0. The first-order chi connectivity index (χ1) is 13.0. The largest absolute Gasteiger partial charge is 0.481 e. The Kier molecular flexibility index (Phi) is 9.32.